The maximum atomic E-state index is 11.9. The summed E-state index contributed by atoms with van der Waals surface area (Å²) in [6.45, 7) is 3.92. The molecule has 0 aliphatic heterocycles. The molecule has 0 heterocycles. The van der Waals surface area contributed by atoms with E-state index in [1.54, 1.807) is 24.3 Å². The molecule has 7 heteroatoms. The van der Waals surface area contributed by atoms with E-state index in [0.29, 0.717) is 9.79 Å². The van der Waals surface area contributed by atoms with Crippen LogP contribution in [0.25, 0.3) is 0 Å². The van der Waals surface area contributed by atoms with Crippen LogP contribution in [0, 0.1) is 13.8 Å². The van der Waals surface area contributed by atoms with Gasteiger partial charge in [0.2, 0.25) is 0 Å². The minimum absolute atomic E-state index is 0.595. The van der Waals surface area contributed by atoms with Crippen molar-refractivity contribution in [3.05, 3.63) is 59.7 Å². The second-order valence-electron chi connectivity index (χ2n) is 4.35. The Labute approximate surface area is 142 Å². The molecule has 110 valence electrons. The molecule has 0 amide bonds. The maximum absolute atomic E-state index is 11.9. The van der Waals surface area contributed by atoms with Crippen molar-refractivity contribution in [2.75, 3.05) is 0 Å². The minimum atomic E-state index is -2.11. The van der Waals surface area contributed by atoms with E-state index in [4.69, 9.17) is 4.27 Å². The summed E-state index contributed by atoms with van der Waals surface area (Å²) in [5, 5.41) is 0. The van der Waals surface area contributed by atoms with Gasteiger partial charge in [-0.05, 0) is 0 Å². The van der Waals surface area contributed by atoms with Crippen molar-refractivity contribution in [1.29, 1.82) is 0 Å². The van der Waals surface area contributed by atoms with Crippen molar-refractivity contribution in [2.45, 2.75) is 23.6 Å². The Balaban J connectivity index is 1.83. The molecule has 0 bridgehead atoms. The van der Waals surface area contributed by atoms with Gasteiger partial charge in [0.15, 0.2) is 0 Å². The molecule has 0 aromatic heterocycles. The van der Waals surface area contributed by atoms with E-state index in [0.717, 1.165) is 11.1 Å². The fourth-order valence-corrected chi connectivity index (χ4v) is 7.27. The first kappa shape index (κ1) is 16.9. The van der Waals surface area contributed by atoms with E-state index in [1.165, 1.54) is 0 Å². The summed E-state index contributed by atoms with van der Waals surface area (Å²) in [6, 6.07) is 14.5. The Bertz CT molecular complexity index is 584. The molecule has 0 saturated heterocycles. The monoisotopic (exact) mass is 518 g/mol. The van der Waals surface area contributed by atoms with Gasteiger partial charge in [-0.3, -0.25) is 0 Å². The Kier molecular flexibility index (Phi) is 6.68. The van der Waals surface area contributed by atoms with E-state index in [-0.39, 0.29) is 0 Å². The molecule has 2 atom stereocenters. The standard InChI is InChI=1S/2C7H8O2S.Pb/c2*1-6-2-4-7(5-3-6)10(8)9;/h2*2-5H,1H3,(H,8,9);/q;;+2/p-2. The molecule has 2 unspecified atom stereocenters. The van der Waals surface area contributed by atoms with Crippen molar-refractivity contribution in [3.63, 3.8) is 0 Å². The first-order chi connectivity index (χ1) is 10.1. The van der Waals surface area contributed by atoms with Gasteiger partial charge in [-0.1, -0.05) is 0 Å². The van der Waals surface area contributed by atoms with Crippen LogP contribution in [0.15, 0.2) is 58.3 Å². The van der Waals surface area contributed by atoms with Crippen LogP contribution in [0.2, 0.25) is 0 Å². The summed E-state index contributed by atoms with van der Waals surface area (Å²) in [6.07, 6.45) is 0. The van der Waals surface area contributed by atoms with Gasteiger partial charge in [-0.2, -0.15) is 0 Å². The molecular formula is C14H14O4PbS2. The predicted octanol–water partition coefficient (Wildman–Crippen LogP) is 2.62. The van der Waals surface area contributed by atoms with Crippen LogP contribution >= 0.6 is 0 Å². The molecule has 0 aliphatic carbocycles. The molecule has 0 N–H and O–H groups in total. The molecule has 2 aromatic rings. The van der Waals surface area contributed by atoms with Crippen LogP contribution in [0.3, 0.4) is 0 Å². The van der Waals surface area contributed by atoms with Gasteiger partial charge in [0, 0.05) is 0 Å². The van der Waals surface area contributed by atoms with Crippen molar-refractivity contribution in [3.8, 4) is 0 Å². The molecule has 2 radical (unpaired) electrons. The van der Waals surface area contributed by atoms with Crippen molar-refractivity contribution in [1.82, 2.24) is 0 Å². The van der Waals surface area contributed by atoms with Crippen molar-refractivity contribution < 1.29 is 12.7 Å². The fraction of sp³-hybridized carbons (Fsp3) is 0.143. The molecule has 2 rings (SSSR count). The van der Waals surface area contributed by atoms with Gasteiger partial charge >= 0.3 is 143 Å². The third-order valence-electron chi connectivity index (χ3n) is 2.65. The summed E-state index contributed by atoms with van der Waals surface area (Å²) in [5.41, 5.74) is 2.18. The number of rotatable bonds is 6. The molecular weight excluding hydrogens is 503 g/mol. The quantitative estimate of drug-likeness (QED) is 0.553. The zero-order valence-corrected chi connectivity index (χ0v) is 17.1. The van der Waals surface area contributed by atoms with Gasteiger partial charge in [0.1, 0.15) is 0 Å². The molecule has 21 heavy (non-hydrogen) atoms. The van der Waals surface area contributed by atoms with E-state index in [2.05, 4.69) is 0 Å². The average Bonchev–Trinajstić information content (AvgIpc) is 2.48. The van der Waals surface area contributed by atoms with Crippen LogP contribution in [-0.4, -0.2) is 33.6 Å². The Morgan fingerprint density at radius 1 is 0.714 bits per heavy atom. The summed E-state index contributed by atoms with van der Waals surface area (Å²) in [4.78, 5) is 1.19. The van der Waals surface area contributed by atoms with Gasteiger partial charge in [-0.25, -0.2) is 0 Å². The Morgan fingerprint density at radius 2 is 1.05 bits per heavy atom. The number of hydrogen-bond donors (Lipinski definition) is 0. The molecule has 4 nitrogen and oxygen atoms in total. The van der Waals surface area contributed by atoms with E-state index < -0.39 is 47.3 Å². The van der Waals surface area contributed by atoms with Gasteiger partial charge in [0.05, 0.1) is 0 Å². The van der Waals surface area contributed by atoms with Crippen LogP contribution in [0.4, 0.5) is 0 Å². The Morgan fingerprint density at radius 3 is 1.38 bits per heavy atom. The van der Waals surface area contributed by atoms with E-state index >= 15 is 0 Å². The molecule has 0 spiro atoms. The normalized spacial score (nSPS) is 13.8. The number of benzene rings is 2. The second kappa shape index (κ2) is 8.28. The van der Waals surface area contributed by atoms with Crippen LogP contribution in [-0.2, 0) is 26.4 Å². The first-order valence-electron chi connectivity index (χ1n) is 6.13. The Hall–Kier alpha value is -0.418. The molecule has 0 aliphatic rings. The number of hydrogen-bond acceptors (Lipinski definition) is 4. The second-order valence-corrected chi connectivity index (χ2v) is 11.1. The summed E-state index contributed by atoms with van der Waals surface area (Å²) in [5.74, 6) is 0. The van der Waals surface area contributed by atoms with E-state index in [1.807, 2.05) is 38.1 Å². The SMILES string of the molecule is Cc1ccc(S(=O)[O][Pb][O]S(=O)c2ccc(C)cc2)cc1. The summed E-state index contributed by atoms with van der Waals surface area (Å²) >= 11 is -5.19. The zero-order chi connectivity index (χ0) is 15.2. The third kappa shape index (κ3) is 5.37. The molecule has 0 fully saturated rings. The van der Waals surface area contributed by atoms with Gasteiger partial charge in [0.25, 0.3) is 0 Å². The van der Waals surface area contributed by atoms with E-state index in [9.17, 15) is 8.42 Å². The number of aryl methyl sites for hydroxylation is 2. The van der Waals surface area contributed by atoms with Gasteiger partial charge < -0.3 is 0 Å². The van der Waals surface area contributed by atoms with Crippen LogP contribution < -0.4 is 0 Å². The summed E-state index contributed by atoms with van der Waals surface area (Å²) in [7, 11) is 0. The fourth-order valence-electron chi connectivity index (χ4n) is 1.47. The zero-order valence-electron chi connectivity index (χ0n) is 11.6. The van der Waals surface area contributed by atoms with Crippen molar-refractivity contribution in [2.24, 2.45) is 0 Å². The molecule has 2 aromatic carbocycles. The van der Waals surface area contributed by atoms with Crippen LogP contribution in [0.5, 0.6) is 0 Å². The van der Waals surface area contributed by atoms with Gasteiger partial charge in [-0.15, -0.1) is 0 Å². The predicted molar refractivity (Wildman–Crippen MR) is 83.1 cm³/mol. The molecule has 0 saturated carbocycles. The summed E-state index contributed by atoms with van der Waals surface area (Å²) < 4.78 is 34.2. The third-order valence-corrected chi connectivity index (χ3v) is 9.52. The van der Waals surface area contributed by atoms with Crippen LogP contribution in [0.1, 0.15) is 11.1 Å². The average molecular weight is 518 g/mol. The topological polar surface area (TPSA) is 52.6 Å². The van der Waals surface area contributed by atoms with Crippen molar-refractivity contribution >= 4 is 47.3 Å². The first-order valence-corrected chi connectivity index (χ1v) is 11.4.